The van der Waals surface area contributed by atoms with Gasteiger partial charge in [-0.1, -0.05) is 11.6 Å². The van der Waals surface area contributed by atoms with E-state index in [-0.39, 0.29) is 5.75 Å². The zero-order valence-electron chi connectivity index (χ0n) is 9.28. The Balaban J connectivity index is 1.95. The van der Waals surface area contributed by atoms with Gasteiger partial charge in [0.25, 0.3) is 5.79 Å². The molecule has 2 aliphatic rings. The van der Waals surface area contributed by atoms with Crippen LogP contribution >= 0.6 is 22.3 Å². The van der Waals surface area contributed by atoms with Crippen LogP contribution < -0.4 is 9.47 Å². The molecular formula is C11H10Cl2O4S. The van der Waals surface area contributed by atoms with Gasteiger partial charge in [-0.15, -0.1) is 0 Å². The van der Waals surface area contributed by atoms with E-state index in [1.54, 1.807) is 12.1 Å². The van der Waals surface area contributed by atoms with E-state index in [4.69, 9.17) is 31.8 Å². The molecule has 1 heterocycles. The van der Waals surface area contributed by atoms with E-state index in [0.717, 1.165) is 19.3 Å². The Bertz CT molecular complexity index is 608. The number of fused-ring (bicyclic) bond motifs is 1. The highest BCUT2D eigenvalue weighted by molar-refractivity contribution is 8.13. The SMILES string of the molecule is O=S(=O)(Cl)Cc1cc2c(cc1Cl)OC1(CCC1)O2. The van der Waals surface area contributed by atoms with Gasteiger partial charge in [0, 0.05) is 34.6 Å². The predicted octanol–water partition coefficient (Wildman–Crippen LogP) is 3.06. The first-order valence-corrected chi connectivity index (χ1v) is 8.35. The fourth-order valence-electron chi connectivity index (χ4n) is 2.12. The molecule has 1 aromatic rings. The second kappa shape index (κ2) is 3.92. The number of halogens is 2. The third kappa shape index (κ3) is 2.15. The number of ether oxygens (including phenoxy) is 2. The fraction of sp³-hybridized carbons (Fsp3) is 0.455. The van der Waals surface area contributed by atoms with Crippen molar-refractivity contribution in [2.24, 2.45) is 0 Å². The summed E-state index contributed by atoms with van der Waals surface area (Å²) >= 11 is 6.01. The lowest BCUT2D eigenvalue weighted by Gasteiger charge is -2.35. The molecule has 1 spiro atoms. The van der Waals surface area contributed by atoms with Gasteiger partial charge in [0.15, 0.2) is 11.5 Å². The number of benzene rings is 1. The molecule has 0 unspecified atom stereocenters. The Morgan fingerprint density at radius 3 is 2.33 bits per heavy atom. The quantitative estimate of drug-likeness (QED) is 0.788. The van der Waals surface area contributed by atoms with E-state index < -0.39 is 14.8 Å². The average Bonchev–Trinajstić information content (AvgIpc) is 2.54. The van der Waals surface area contributed by atoms with E-state index in [9.17, 15) is 8.42 Å². The maximum Gasteiger partial charge on any atom is 0.251 e. The average molecular weight is 309 g/mol. The highest BCUT2D eigenvalue weighted by Gasteiger charge is 2.47. The summed E-state index contributed by atoms with van der Waals surface area (Å²) in [5.41, 5.74) is 0.422. The van der Waals surface area contributed by atoms with Gasteiger partial charge in [-0.05, 0) is 18.1 Å². The van der Waals surface area contributed by atoms with Gasteiger partial charge in [0.05, 0.1) is 5.75 Å². The van der Waals surface area contributed by atoms with E-state index in [0.29, 0.717) is 22.1 Å². The third-order valence-corrected chi connectivity index (χ3v) is 4.48. The summed E-state index contributed by atoms with van der Waals surface area (Å²) in [6.07, 6.45) is 2.73. The van der Waals surface area contributed by atoms with Crippen LogP contribution in [0.5, 0.6) is 11.5 Å². The van der Waals surface area contributed by atoms with Crippen molar-refractivity contribution in [2.75, 3.05) is 0 Å². The summed E-state index contributed by atoms with van der Waals surface area (Å²) < 4.78 is 33.6. The number of hydrogen-bond donors (Lipinski definition) is 0. The molecule has 0 bridgehead atoms. The molecule has 1 saturated carbocycles. The molecule has 1 aromatic carbocycles. The minimum atomic E-state index is -3.65. The molecule has 1 fully saturated rings. The molecular weight excluding hydrogens is 299 g/mol. The van der Waals surface area contributed by atoms with Crippen molar-refractivity contribution >= 4 is 31.3 Å². The van der Waals surface area contributed by atoms with Crippen LogP contribution in [0, 0.1) is 0 Å². The van der Waals surface area contributed by atoms with Crippen LogP contribution in [0.15, 0.2) is 12.1 Å². The van der Waals surface area contributed by atoms with E-state index in [1.165, 1.54) is 0 Å². The van der Waals surface area contributed by atoms with Crippen LogP contribution in [-0.4, -0.2) is 14.2 Å². The molecule has 0 amide bonds. The van der Waals surface area contributed by atoms with Gasteiger partial charge in [0.1, 0.15) is 0 Å². The van der Waals surface area contributed by atoms with Crippen molar-refractivity contribution in [3.63, 3.8) is 0 Å². The van der Waals surface area contributed by atoms with Gasteiger partial charge >= 0.3 is 0 Å². The summed E-state index contributed by atoms with van der Waals surface area (Å²) in [5, 5.41) is 0.318. The molecule has 1 aliphatic carbocycles. The van der Waals surface area contributed by atoms with Gasteiger partial charge in [0.2, 0.25) is 9.05 Å². The Morgan fingerprint density at radius 1 is 1.22 bits per heavy atom. The first-order chi connectivity index (χ1) is 8.37. The zero-order chi connectivity index (χ0) is 13.0. The van der Waals surface area contributed by atoms with Gasteiger partial charge in [-0.2, -0.15) is 0 Å². The van der Waals surface area contributed by atoms with Crippen LogP contribution in [0.1, 0.15) is 24.8 Å². The fourth-order valence-corrected chi connectivity index (χ4v) is 3.39. The van der Waals surface area contributed by atoms with Crippen LogP contribution in [-0.2, 0) is 14.8 Å². The highest BCUT2D eigenvalue weighted by Crippen LogP contribution is 2.49. The predicted molar refractivity (Wildman–Crippen MR) is 67.8 cm³/mol. The van der Waals surface area contributed by atoms with Crippen LogP contribution in [0.2, 0.25) is 5.02 Å². The largest absolute Gasteiger partial charge is 0.448 e. The summed E-state index contributed by atoms with van der Waals surface area (Å²) in [7, 11) is 1.58. The van der Waals surface area contributed by atoms with E-state index >= 15 is 0 Å². The molecule has 1 aliphatic heterocycles. The smallest absolute Gasteiger partial charge is 0.251 e. The summed E-state index contributed by atoms with van der Waals surface area (Å²) in [4.78, 5) is 0. The maximum absolute atomic E-state index is 11.1. The molecule has 0 atom stereocenters. The molecule has 3 rings (SSSR count). The summed E-state index contributed by atoms with van der Waals surface area (Å²) in [6.45, 7) is 0. The topological polar surface area (TPSA) is 52.6 Å². The Hall–Kier alpha value is -0.650. The molecule has 0 saturated heterocycles. The summed E-state index contributed by atoms with van der Waals surface area (Å²) in [6, 6.07) is 3.17. The Kier molecular flexibility index (Phi) is 2.70. The van der Waals surface area contributed by atoms with Gasteiger partial charge in [-0.3, -0.25) is 0 Å². The lowest BCUT2D eigenvalue weighted by Crippen LogP contribution is -2.45. The molecule has 4 nitrogen and oxygen atoms in total. The highest BCUT2D eigenvalue weighted by atomic mass is 35.7. The van der Waals surface area contributed by atoms with Crippen molar-refractivity contribution in [1.82, 2.24) is 0 Å². The van der Waals surface area contributed by atoms with Crippen molar-refractivity contribution in [1.29, 1.82) is 0 Å². The lowest BCUT2D eigenvalue weighted by molar-refractivity contribution is -0.138. The van der Waals surface area contributed by atoms with Crippen molar-refractivity contribution in [2.45, 2.75) is 30.8 Å². The second-order valence-corrected chi connectivity index (χ2v) is 7.73. The molecule has 0 radical (unpaired) electrons. The van der Waals surface area contributed by atoms with E-state index in [1.807, 2.05) is 0 Å². The summed E-state index contributed by atoms with van der Waals surface area (Å²) in [5.74, 6) is 0.228. The molecule has 0 aromatic heterocycles. The third-order valence-electron chi connectivity index (χ3n) is 3.15. The Labute approximate surface area is 114 Å². The minimum Gasteiger partial charge on any atom is -0.448 e. The van der Waals surface area contributed by atoms with Crippen molar-refractivity contribution in [3.8, 4) is 11.5 Å². The zero-order valence-corrected chi connectivity index (χ0v) is 11.6. The normalized spacial score (nSPS) is 19.9. The van der Waals surface area contributed by atoms with Crippen LogP contribution in [0.4, 0.5) is 0 Å². The molecule has 18 heavy (non-hydrogen) atoms. The maximum atomic E-state index is 11.1. The molecule has 0 N–H and O–H groups in total. The standard InChI is InChI=1S/C11H10Cl2O4S/c12-8-5-10-9(4-7(8)6-18(13,14)15)16-11(17-10)2-1-3-11/h4-5H,1-3,6H2. The van der Waals surface area contributed by atoms with Crippen molar-refractivity contribution < 1.29 is 17.9 Å². The first-order valence-electron chi connectivity index (χ1n) is 5.50. The molecule has 98 valence electrons. The van der Waals surface area contributed by atoms with Crippen molar-refractivity contribution in [3.05, 3.63) is 22.7 Å². The van der Waals surface area contributed by atoms with E-state index in [2.05, 4.69) is 0 Å². The molecule has 7 heteroatoms. The second-order valence-electron chi connectivity index (χ2n) is 4.54. The first kappa shape index (κ1) is 12.4. The van der Waals surface area contributed by atoms with Crippen LogP contribution in [0.25, 0.3) is 0 Å². The Morgan fingerprint density at radius 2 is 1.83 bits per heavy atom. The van der Waals surface area contributed by atoms with Crippen LogP contribution in [0.3, 0.4) is 0 Å². The number of hydrogen-bond acceptors (Lipinski definition) is 4. The monoisotopic (exact) mass is 308 g/mol. The van der Waals surface area contributed by atoms with Gasteiger partial charge < -0.3 is 9.47 Å². The lowest BCUT2D eigenvalue weighted by atomic mass is 9.91. The van der Waals surface area contributed by atoms with Gasteiger partial charge in [-0.25, -0.2) is 8.42 Å². The number of rotatable bonds is 2. The minimum absolute atomic E-state index is 0.318.